The predicted molar refractivity (Wildman–Crippen MR) is 64.7 cm³/mol. The first-order valence-corrected chi connectivity index (χ1v) is 6.21. The number of halogens is 3. The summed E-state index contributed by atoms with van der Waals surface area (Å²) in [4.78, 5) is 0. The molecule has 3 N–H and O–H groups in total. The first-order valence-electron chi connectivity index (χ1n) is 6.21. The largest absolute Gasteiger partial charge is 0.382 e. The Morgan fingerprint density at radius 1 is 1.06 bits per heavy atom. The van der Waals surface area contributed by atoms with E-state index in [2.05, 4.69) is 5.32 Å². The van der Waals surface area contributed by atoms with E-state index in [0.717, 1.165) is 31.7 Å². The molecule has 18 heavy (non-hydrogen) atoms. The van der Waals surface area contributed by atoms with Gasteiger partial charge >= 0.3 is 0 Å². The highest BCUT2D eigenvalue weighted by Crippen LogP contribution is 2.25. The Morgan fingerprint density at radius 2 is 1.72 bits per heavy atom. The van der Waals surface area contributed by atoms with Gasteiger partial charge in [-0.25, -0.2) is 13.2 Å². The van der Waals surface area contributed by atoms with Gasteiger partial charge in [0.15, 0.2) is 17.5 Å². The monoisotopic (exact) mass is 258 g/mol. The van der Waals surface area contributed by atoms with Crippen molar-refractivity contribution in [3.05, 3.63) is 29.6 Å². The van der Waals surface area contributed by atoms with E-state index in [1.165, 1.54) is 6.07 Å². The molecule has 5 heteroatoms. The Balaban J connectivity index is 1.92. The molecule has 1 saturated carbocycles. The normalized spacial score (nSPS) is 24.0. The Kier molecular flexibility index (Phi) is 4.11. The molecule has 0 aliphatic heterocycles. The van der Waals surface area contributed by atoms with Crippen LogP contribution in [0.2, 0.25) is 0 Å². The molecule has 0 amide bonds. The van der Waals surface area contributed by atoms with Crippen molar-refractivity contribution in [3.8, 4) is 0 Å². The molecule has 2 nitrogen and oxygen atoms in total. The molecule has 100 valence electrons. The van der Waals surface area contributed by atoms with Crippen LogP contribution in [0.5, 0.6) is 0 Å². The molecular formula is C13H17F3N2. The van der Waals surface area contributed by atoms with E-state index in [1.54, 1.807) is 0 Å². The van der Waals surface area contributed by atoms with Gasteiger partial charge < -0.3 is 11.1 Å². The van der Waals surface area contributed by atoms with Crippen molar-refractivity contribution in [2.24, 2.45) is 11.7 Å². The van der Waals surface area contributed by atoms with Crippen molar-refractivity contribution in [1.29, 1.82) is 0 Å². The number of hydrogen-bond acceptors (Lipinski definition) is 2. The molecule has 2 rings (SSSR count). The maximum Gasteiger partial charge on any atom is 0.196 e. The Labute approximate surface area is 104 Å². The molecule has 1 aliphatic carbocycles. The Hall–Kier alpha value is -1.23. The smallest absolute Gasteiger partial charge is 0.196 e. The summed E-state index contributed by atoms with van der Waals surface area (Å²) >= 11 is 0. The van der Waals surface area contributed by atoms with Crippen LogP contribution >= 0.6 is 0 Å². The summed E-state index contributed by atoms with van der Waals surface area (Å²) in [7, 11) is 0. The van der Waals surface area contributed by atoms with Gasteiger partial charge in [0.25, 0.3) is 0 Å². The van der Waals surface area contributed by atoms with Crippen LogP contribution in [-0.2, 0) is 0 Å². The van der Waals surface area contributed by atoms with Gasteiger partial charge in [-0.05, 0) is 43.7 Å². The molecule has 1 fully saturated rings. The molecule has 1 aromatic carbocycles. The summed E-state index contributed by atoms with van der Waals surface area (Å²) in [6, 6.07) is 2.42. The lowest BCUT2D eigenvalue weighted by Crippen LogP contribution is -2.29. The average molecular weight is 258 g/mol. The van der Waals surface area contributed by atoms with Gasteiger partial charge in [-0.1, -0.05) is 0 Å². The summed E-state index contributed by atoms with van der Waals surface area (Å²) in [6.07, 6.45) is 3.90. The van der Waals surface area contributed by atoms with E-state index < -0.39 is 17.5 Å². The fourth-order valence-electron chi connectivity index (χ4n) is 2.31. The highest BCUT2D eigenvalue weighted by molar-refractivity contribution is 5.45. The highest BCUT2D eigenvalue weighted by atomic mass is 19.2. The van der Waals surface area contributed by atoms with E-state index in [9.17, 15) is 13.2 Å². The van der Waals surface area contributed by atoms with Crippen LogP contribution < -0.4 is 11.1 Å². The third kappa shape index (κ3) is 2.96. The second-order valence-electron chi connectivity index (χ2n) is 4.88. The first kappa shape index (κ1) is 13.2. The summed E-state index contributed by atoms with van der Waals surface area (Å²) in [5.74, 6) is -3.33. The van der Waals surface area contributed by atoms with Gasteiger partial charge in [0.1, 0.15) is 0 Å². The summed E-state index contributed by atoms with van der Waals surface area (Å²) in [5, 5.41) is 2.84. The van der Waals surface area contributed by atoms with Crippen LogP contribution in [0.4, 0.5) is 18.9 Å². The molecule has 0 atom stereocenters. The maximum atomic E-state index is 13.4. The minimum absolute atomic E-state index is 0.0174. The third-order valence-electron chi connectivity index (χ3n) is 3.51. The van der Waals surface area contributed by atoms with E-state index in [-0.39, 0.29) is 11.7 Å². The van der Waals surface area contributed by atoms with Crippen molar-refractivity contribution >= 4 is 5.69 Å². The fraction of sp³-hybridized carbons (Fsp3) is 0.538. The van der Waals surface area contributed by atoms with Gasteiger partial charge in [0.05, 0.1) is 5.69 Å². The molecular weight excluding hydrogens is 241 g/mol. The van der Waals surface area contributed by atoms with Crippen LogP contribution in [0.3, 0.4) is 0 Å². The van der Waals surface area contributed by atoms with Gasteiger partial charge in [-0.3, -0.25) is 0 Å². The van der Waals surface area contributed by atoms with Gasteiger partial charge in [0, 0.05) is 12.6 Å². The number of benzene rings is 1. The summed E-state index contributed by atoms with van der Waals surface area (Å²) in [6.45, 7) is 0.564. The van der Waals surface area contributed by atoms with Crippen LogP contribution in [-0.4, -0.2) is 12.6 Å². The van der Waals surface area contributed by atoms with E-state index in [0.29, 0.717) is 12.5 Å². The number of anilines is 1. The molecule has 1 aliphatic rings. The minimum Gasteiger partial charge on any atom is -0.382 e. The van der Waals surface area contributed by atoms with E-state index in [1.807, 2.05) is 0 Å². The molecule has 0 spiro atoms. The highest BCUT2D eigenvalue weighted by Gasteiger charge is 2.19. The molecule has 0 heterocycles. The van der Waals surface area contributed by atoms with Crippen molar-refractivity contribution in [2.45, 2.75) is 31.7 Å². The zero-order valence-corrected chi connectivity index (χ0v) is 10.1. The zero-order chi connectivity index (χ0) is 13.1. The zero-order valence-electron chi connectivity index (χ0n) is 10.1. The van der Waals surface area contributed by atoms with Crippen LogP contribution in [0.15, 0.2) is 12.1 Å². The van der Waals surface area contributed by atoms with Gasteiger partial charge in [-0.2, -0.15) is 0 Å². The minimum atomic E-state index is -1.43. The molecule has 0 unspecified atom stereocenters. The third-order valence-corrected chi connectivity index (χ3v) is 3.51. The standard InChI is InChI=1S/C13H17F3N2/c14-10-5-6-11(13(16)12(10)15)18-7-8-1-3-9(17)4-2-8/h5-6,8-9,18H,1-4,7,17H2. The van der Waals surface area contributed by atoms with Crippen LogP contribution in [0.25, 0.3) is 0 Å². The maximum absolute atomic E-state index is 13.4. The molecule has 0 aromatic heterocycles. The lowest BCUT2D eigenvalue weighted by molar-refractivity contribution is 0.338. The van der Waals surface area contributed by atoms with Crippen molar-refractivity contribution < 1.29 is 13.2 Å². The molecule has 0 saturated heterocycles. The lowest BCUT2D eigenvalue weighted by Gasteiger charge is -2.26. The first-order chi connectivity index (χ1) is 8.58. The number of hydrogen-bond donors (Lipinski definition) is 2. The number of rotatable bonds is 3. The SMILES string of the molecule is NC1CCC(CNc2ccc(F)c(F)c2F)CC1. The molecule has 0 radical (unpaired) electrons. The van der Waals surface area contributed by atoms with E-state index in [4.69, 9.17) is 5.73 Å². The van der Waals surface area contributed by atoms with Crippen LogP contribution in [0.1, 0.15) is 25.7 Å². The number of nitrogens with two attached hydrogens (primary N) is 1. The summed E-state index contributed by atoms with van der Waals surface area (Å²) < 4.78 is 39.1. The van der Waals surface area contributed by atoms with Crippen molar-refractivity contribution in [2.75, 3.05) is 11.9 Å². The Bertz CT molecular complexity index is 415. The number of nitrogens with one attached hydrogen (secondary N) is 1. The average Bonchev–Trinajstić information content (AvgIpc) is 2.37. The van der Waals surface area contributed by atoms with Gasteiger partial charge in [-0.15, -0.1) is 0 Å². The predicted octanol–water partition coefficient (Wildman–Crippen LogP) is 3.03. The Morgan fingerprint density at radius 3 is 2.39 bits per heavy atom. The fourth-order valence-corrected chi connectivity index (χ4v) is 2.31. The topological polar surface area (TPSA) is 38.0 Å². The van der Waals surface area contributed by atoms with Crippen LogP contribution in [0, 0.1) is 23.4 Å². The van der Waals surface area contributed by atoms with Crippen molar-refractivity contribution in [1.82, 2.24) is 0 Å². The van der Waals surface area contributed by atoms with E-state index >= 15 is 0 Å². The second-order valence-corrected chi connectivity index (χ2v) is 4.88. The molecule has 1 aromatic rings. The summed E-state index contributed by atoms with van der Waals surface area (Å²) in [5.41, 5.74) is 5.81. The van der Waals surface area contributed by atoms with Gasteiger partial charge in [0.2, 0.25) is 0 Å². The van der Waals surface area contributed by atoms with Crippen molar-refractivity contribution in [3.63, 3.8) is 0 Å². The lowest BCUT2D eigenvalue weighted by atomic mass is 9.86. The molecule has 0 bridgehead atoms. The second kappa shape index (κ2) is 5.61. The quantitative estimate of drug-likeness (QED) is 0.818.